The van der Waals surface area contributed by atoms with Crippen molar-refractivity contribution in [1.29, 1.82) is 0 Å². The number of aryl methyl sites for hydroxylation is 1. The summed E-state index contributed by atoms with van der Waals surface area (Å²) < 4.78 is 10.6. The molecule has 2 amide bonds. The van der Waals surface area contributed by atoms with E-state index in [9.17, 15) is 9.59 Å². The van der Waals surface area contributed by atoms with E-state index in [2.05, 4.69) is 31.2 Å². The van der Waals surface area contributed by atoms with Gasteiger partial charge >= 0.3 is 0 Å². The van der Waals surface area contributed by atoms with E-state index in [1.165, 1.54) is 10.5 Å². The summed E-state index contributed by atoms with van der Waals surface area (Å²) in [6.45, 7) is 9.68. The van der Waals surface area contributed by atoms with Crippen LogP contribution in [0.1, 0.15) is 39.0 Å². The maximum atomic E-state index is 12.5. The first-order valence-corrected chi connectivity index (χ1v) is 8.81. The van der Waals surface area contributed by atoms with Gasteiger partial charge in [-0.05, 0) is 37.0 Å². The number of carbonyl (C=O) groups excluding carboxylic acids is 2. The van der Waals surface area contributed by atoms with Crippen molar-refractivity contribution in [2.24, 2.45) is 0 Å². The zero-order chi connectivity index (χ0) is 20.2. The second kappa shape index (κ2) is 8.24. The lowest BCUT2D eigenvalue weighted by molar-refractivity contribution is -0.139. The minimum Gasteiger partial charge on any atom is -0.481 e. The van der Waals surface area contributed by atoms with Crippen molar-refractivity contribution < 1.29 is 18.8 Å². The molecule has 0 saturated carbocycles. The highest BCUT2D eigenvalue weighted by molar-refractivity contribution is 5.94. The molecule has 0 spiro atoms. The Labute approximate surface area is 159 Å². The van der Waals surface area contributed by atoms with Gasteiger partial charge in [0, 0.05) is 13.1 Å². The molecule has 7 nitrogen and oxygen atoms in total. The third-order valence-electron chi connectivity index (χ3n) is 4.03. The molecule has 0 radical (unpaired) electrons. The summed E-state index contributed by atoms with van der Waals surface area (Å²) in [5.41, 5.74) is 1.24. The Morgan fingerprint density at radius 2 is 1.89 bits per heavy atom. The van der Waals surface area contributed by atoms with Gasteiger partial charge in [-0.3, -0.25) is 9.59 Å². The van der Waals surface area contributed by atoms with Crippen LogP contribution < -0.4 is 10.1 Å². The summed E-state index contributed by atoms with van der Waals surface area (Å²) in [5.74, 6) is 0.873. The summed E-state index contributed by atoms with van der Waals surface area (Å²) in [7, 11) is 1.55. The maximum absolute atomic E-state index is 12.5. The molecule has 1 heterocycles. The van der Waals surface area contributed by atoms with Gasteiger partial charge in [0.1, 0.15) is 11.5 Å². The largest absolute Gasteiger partial charge is 0.481 e. The number of hydrogen-bond donors (Lipinski definition) is 1. The SMILES string of the molecule is Cc1cc(NC(=O)CN(C)C(=O)C(C)Oc2ccc(C(C)(C)C)cc2)no1. The van der Waals surface area contributed by atoms with E-state index in [1.54, 1.807) is 27.0 Å². The van der Waals surface area contributed by atoms with Crippen LogP contribution in [0.25, 0.3) is 0 Å². The number of nitrogens with one attached hydrogen (secondary N) is 1. The molecule has 0 aliphatic heterocycles. The molecule has 1 unspecified atom stereocenters. The average molecular weight is 373 g/mol. The van der Waals surface area contributed by atoms with Crippen LogP contribution >= 0.6 is 0 Å². The Morgan fingerprint density at radius 3 is 2.41 bits per heavy atom. The Bertz CT molecular complexity index is 790. The molecule has 0 bridgehead atoms. The Kier molecular flexibility index (Phi) is 6.25. The van der Waals surface area contributed by atoms with E-state index in [1.807, 2.05) is 24.3 Å². The van der Waals surface area contributed by atoms with Crippen molar-refractivity contribution in [2.75, 3.05) is 18.9 Å². The minimum atomic E-state index is -0.711. The summed E-state index contributed by atoms with van der Waals surface area (Å²) in [4.78, 5) is 25.8. The molecule has 27 heavy (non-hydrogen) atoms. The molecule has 1 aromatic carbocycles. The highest BCUT2D eigenvalue weighted by Gasteiger charge is 2.22. The summed E-state index contributed by atoms with van der Waals surface area (Å²) in [6, 6.07) is 9.29. The number of hydrogen-bond acceptors (Lipinski definition) is 5. The molecule has 1 atom stereocenters. The number of nitrogens with zero attached hydrogens (tertiary/aromatic N) is 2. The molecule has 1 aromatic heterocycles. The van der Waals surface area contributed by atoms with Crippen LogP contribution in [-0.4, -0.2) is 41.6 Å². The van der Waals surface area contributed by atoms with E-state index < -0.39 is 6.10 Å². The number of aromatic nitrogens is 1. The van der Waals surface area contributed by atoms with E-state index in [4.69, 9.17) is 9.26 Å². The number of rotatable bonds is 6. The predicted molar refractivity (Wildman–Crippen MR) is 103 cm³/mol. The molecule has 0 aliphatic rings. The lowest BCUT2D eigenvalue weighted by atomic mass is 9.87. The van der Waals surface area contributed by atoms with E-state index in [0.717, 1.165) is 0 Å². The molecule has 0 aliphatic carbocycles. The molecule has 2 rings (SSSR count). The Balaban J connectivity index is 1.88. The third kappa shape index (κ3) is 5.84. The number of anilines is 1. The monoisotopic (exact) mass is 373 g/mol. The van der Waals surface area contributed by atoms with Gasteiger partial charge in [-0.25, -0.2) is 0 Å². The van der Waals surface area contributed by atoms with Crippen molar-refractivity contribution in [2.45, 2.75) is 46.1 Å². The van der Waals surface area contributed by atoms with Gasteiger partial charge in [0.05, 0.1) is 6.54 Å². The number of amides is 2. The first-order valence-electron chi connectivity index (χ1n) is 8.81. The smallest absolute Gasteiger partial charge is 0.263 e. The van der Waals surface area contributed by atoms with Gasteiger partial charge in [0.2, 0.25) is 5.91 Å². The number of ether oxygens (including phenoxy) is 1. The van der Waals surface area contributed by atoms with Crippen molar-refractivity contribution in [3.05, 3.63) is 41.7 Å². The highest BCUT2D eigenvalue weighted by atomic mass is 16.5. The second-order valence-corrected chi connectivity index (χ2v) is 7.60. The molecule has 7 heteroatoms. The molecule has 1 N–H and O–H groups in total. The Morgan fingerprint density at radius 1 is 1.26 bits per heavy atom. The number of likely N-dealkylation sites (N-methyl/N-ethyl adjacent to an activating group) is 1. The van der Waals surface area contributed by atoms with E-state index in [0.29, 0.717) is 17.3 Å². The van der Waals surface area contributed by atoms with Gasteiger partial charge in [-0.15, -0.1) is 0 Å². The van der Waals surface area contributed by atoms with E-state index >= 15 is 0 Å². The van der Waals surface area contributed by atoms with Crippen molar-refractivity contribution in [3.8, 4) is 5.75 Å². The first kappa shape index (κ1) is 20.5. The van der Waals surface area contributed by atoms with Crippen LogP contribution in [0.4, 0.5) is 5.82 Å². The quantitative estimate of drug-likeness (QED) is 0.841. The summed E-state index contributed by atoms with van der Waals surface area (Å²) in [6.07, 6.45) is -0.711. The molecule has 2 aromatic rings. The van der Waals surface area contributed by atoms with Gasteiger partial charge in [-0.1, -0.05) is 38.1 Å². The van der Waals surface area contributed by atoms with Crippen LogP contribution in [0.5, 0.6) is 5.75 Å². The molecular weight excluding hydrogens is 346 g/mol. The zero-order valence-electron chi connectivity index (χ0n) is 16.7. The highest BCUT2D eigenvalue weighted by Crippen LogP contribution is 2.24. The molecule has 146 valence electrons. The number of benzene rings is 1. The fraction of sp³-hybridized carbons (Fsp3) is 0.450. The van der Waals surface area contributed by atoms with Gasteiger partial charge in [-0.2, -0.15) is 0 Å². The molecule has 0 fully saturated rings. The fourth-order valence-electron chi connectivity index (χ4n) is 2.50. The average Bonchev–Trinajstić information content (AvgIpc) is 2.98. The Hall–Kier alpha value is -2.83. The maximum Gasteiger partial charge on any atom is 0.263 e. The zero-order valence-corrected chi connectivity index (χ0v) is 16.7. The third-order valence-corrected chi connectivity index (χ3v) is 4.03. The van der Waals surface area contributed by atoms with Crippen LogP contribution in [0.15, 0.2) is 34.9 Å². The fourth-order valence-corrected chi connectivity index (χ4v) is 2.50. The molecular formula is C20H27N3O4. The summed E-state index contributed by atoms with van der Waals surface area (Å²) in [5, 5.41) is 6.27. The van der Waals surface area contributed by atoms with Crippen LogP contribution in [0.3, 0.4) is 0 Å². The van der Waals surface area contributed by atoms with Crippen molar-refractivity contribution in [3.63, 3.8) is 0 Å². The molecule has 0 saturated heterocycles. The first-order chi connectivity index (χ1) is 12.6. The minimum absolute atomic E-state index is 0.0515. The van der Waals surface area contributed by atoms with E-state index in [-0.39, 0.29) is 23.8 Å². The topological polar surface area (TPSA) is 84.7 Å². The summed E-state index contributed by atoms with van der Waals surface area (Å²) >= 11 is 0. The number of carbonyl (C=O) groups is 2. The van der Waals surface area contributed by atoms with Crippen LogP contribution in [0.2, 0.25) is 0 Å². The van der Waals surface area contributed by atoms with Gasteiger partial charge < -0.3 is 19.5 Å². The standard InChI is InChI=1S/C20H27N3O4/c1-13-11-17(22-27-13)21-18(24)12-23(6)19(25)14(2)26-16-9-7-15(8-10-16)20(3,4)5/h7-11,14H,12H2,1-6H3,(H,21,22,24). The lowest BCUT2D eigenvalue weighted by Gasteiger charge is -2.22. The predicted octanol–water partition coefficient (Wildman–Crippen LogP) is 3.14. The van der Waals surface area contributed by atoms with Gasteiger partial charge in [0.15, 0.2) is 11.9 Å². The normalized spacial score (nSPS) is 12.4. The lowest BCUT2D eigenvalue weighted by Crippen LogP contribution is -2.42. The second-order valence-electron chi connectivity index (χ2n) is 7.60. The van der Waals surface area contributed by atoms with Crippen molar-refractivity contribution in [1.82, 2.24) is 10.1 Å². The van der Waals surface area contributed by atoms with Crippen molar-refractivity contribution >= 4 is 17.6 Å². The van der Waals surface area contributed by atoms with Crippen LogP contribution in [0, 0.1) is 6.92 Å². The van der Waals surface area contributed by atoms with Gasteiger partial charge in [0.25, 0.3) is 5.91 Å². The van der Waals surface area contributed by atoms with Crippen LogP contribution in [-0.2, 0) is 15.0 Å².